The number of nitriles is 1. The summed E-state index contributed by atoms with van der Waals surface area (Å²) in [5, 5.41) is 9.47. The van der Waals surface area contributed by atoms with E-state index in [0.29, 0.717) is 36.2 Å². The molecule has 188 valence electrons. The number of halogens is 2. The van der Waals surface area contributed by atoms with Gasteiger partial charge in [-0.25, -0.2) is 8.78 Å². The van der Waals surface area contributed by atoms with E-state index in [1.165, 1.54) is 6.92 Å². The number of hydrogen-bond acceptors (Lipinski definition) is 4. The van der Waals surface area contributed by atoms with E-state index in [-0.39, 0.29) is 24.5 Å². The van der Waals surface area contributed by atoms with Crippen molar-refractivity contribution in [1.29, 1.82) is 5.26 Å². The fourth-order valence-electron chi connectivity index (χ4n) is 5.07. The number of nitrogens with zero attached hydrogens (tertiary/aromatic N) is 3. The van der Waals surface area contributed by atoms with Crippen molar-refractivity contribution in [2.75, 3.05) is 0 Å². The third kappa shape index (κ3) is 5.04. The highest BCUT2D eigenvalue weighted by Crippen LogP contribution is 2.39. The van der Waals surface area contributed by atoms with Gasteiger partial charge in [-0.1, -0.05) is 24.3 Å². The van der Waals surface area contributed by atoms with Gasteiger partial charge in [-0.05, 0) is 63.6 Å². The predicted molar refractivity (Wildman–Crippen MR) is 138 cm³/mol. The minimum atomic E-state index is -2.58. The molecule has 1 aliphatic carbocycles. The second kappa shape index (κ2) is 9.50. The van der Waals surface area contributed by atoms with Crippen LogP contribution in [0.25, 0.3) is 27.7 Å². The monoisotopic (exact) mass is 490 g/mol. The van der Waals surface area contributed by atoms with Crippen LogP contribution in [-0.4, -0.2) is 21.3 Å². The van der Waals surface area contributed by atoms with Crippen molar-refractivity contribution in [2.45, 2.75) is 71.3 Å². The molecule has 2 N–H and O–H groups in total. The highest BCUT2D eigenvalue weighted by atomic mass is 19.3. The number of ketones is 1. The van der Waals surface area contributed by atoms with Gasteiger partial charge in [-0.15, -0.1) is 0 Å². The van der Waals surface area contributed by atoms with Gasteiger partial charge in [0.05, 0.1) is 22.5 Å². The lowest BCUT2D eigenvalue weighted by atomic mass is 9.85. The molecule has 2 aromatic heterocycles. The Bertz CT molecular complexity index is 1360. The molecule has 1 saturated carbocycles. The molecular formula is C29H32F2N4O. The zero-order chi connectivity index (χ0) is 26.3. The number of benzene rings is 1. The molecule has 0 spiro atoms. The van der Waals surface area contributed by atoms with Crippen LogP contribution in [0.5, 0.6) is 0 Å². The topological polar surface area (TPSA) is 84.7 Å². The van der Waals surface area contributed by atoms with Crippen molar-refractivity contribution in [2.24, 2.45) is 11.7 Å². The summed E-state index contributed by atoms with van der Waals surface area (Å²) in [6, 6.07) is 12.1. The van der Waals surface area contributed by atoms with Crippen molar-refractivity contribution in [3.8, 4) is 17.2 Å². The average molecular weight is 491 g/mol. The van der Waals surface area contributed by atoms with Crippen molar-refractivity contribution in [3.63, 3.8) is 0 Å². The first kappa shape index (κ1) is 25.6. The SMILES string of the molecule is CC(=O)/C(=C(/C)N)c1cnc2c(-c3ccc(C(C)(C)C#N)cc3)cn(CC3CCC(F)(F)CC3)c2c1. The summed E-state index contributed by atoms with van der Waals surface area (Å²) in [4.78, 5) is 17.0. The molecular weight excluding hydrogens is 458 g/mol. The van der Waals surface area contributed by atoms with Crippen LogP contribution in [0.4, 0.5) is 8.78 Å². The Morgan fingerprint density at radius 1 is 1.22 bits per heavy atom. The number of alkyl halides is 2. The quantitative estimate of drug-likeness (QED) is 0.394. The zero-order valence-corrected chi connectivity index (χ0v) is 21.2. The number of carbonyl (C=O) groups is 1. The maximum atomic E-state index is 13.7. The van der Waals surface area contributed by atoms with Crippen LogP contribution < -0.4 is 5.73 Å². The van der Waals surface area contributed by atoms with E-state index in [1.54, 1.807) is 13.1 Å². The van der Waals surface area contributed by atoms with Gasteiger partial charge in [0, 0.05) is 54.2 Å². The van der Waals surface area contributed by atoms with Gasteiger partial charge in [-0.2, -0.15) is 5.26 Å². The van der Waals surface area contributed by atoms with E-state index in [9.17, 15) is 18.8 Å². The van der Waals surface area contributed by atoms with Gasteiger partial charge in [0.2, 0.25) is 5.92 Å². The molecule has 0 amide bonds. The summed E-state index contributed by atoms with van der Waals surface area (Å²) in [7, 11) is 0. The van der Waals surface area contributed by atoms with Crippen LogP contribution in [0, 0.1) is 17.2 Å². The summed E-state index contributed by atoms with van der Waals surface area (Å²) in [6.45, 7) is 7.52. The third-order valence-corrected chi connectivity index (χ3v) is 7.24. The summed E-state index contributed by atoms with van der Waals surface area (Å²) < 4.78 is 29.6. The number of allylic oxidation sites excluding steroid dienone is 2. The Kier molecular flexibility index (Phi) is 6.74. The lowest BCUT2D eigenvalue weighted by Crippen LogP contribution is -2.26. The normalized spacial score (nSPS) is 17.0. The number of pyridine rings is 1. The van der Waals surface area contributed by atoms with Gasteiger partial charge >= 0.3 is 0 Å². The summed E-state index contributed by atoms with van der Waals surface area (Å²) in [5.41, 5.74) is 11.3. The second-order valence-corrected chi connectivity index (χ2v) is 10.5. The number of Topliss-reactive ketones (excluding diaryl/α,β-unsaturated/α-hetero) is 1. The lowest BCUT2D eigenvalue weighted by molar-refractivity contribution is -0.111. The molecule has 1 aliphatic rings. The largest absolute Gasteiger partial charge is 0.402 e. The van der Waals surface area contributed by atoms with Gasteiger partial charge in [-0.3, -0.25) is 9.78 Å². The fourth-order valence-corrected chi connectivity index (χ4v) is 5.07. The van der Waals surface area contributed by atoms with Gasteiger partial charge in [0.25, 0.3) is 0 Å². The van der Waals surface area contributed by atoms with Gasteiger partial charge in [0.1, 0.15) is 0 Å². The average Bonchev–Trinajstić information content (AvgIpc) is 3.17. The van der Waals surface area contributed by atoms with Crippen LogP contribution in [-0.2, 0) is 16.8 Å². The van der Waals surface area contributed by atoms with Crippen LogP contribution in [0.3, 0.4) is 0 Å². The van der Waals surface area contributed by atoms with Crippen molar-refractivity contribution >= 4 is 22.4 Å². The molecule has 1 fully saturated rings. The molecule has 0 radical (unpaired) electrons. The predicted octanol–water partition coefficient (Wildman–Crippen LogP) is 6.61. The van der Waals surface area contributed by atoms with E-state index >= 15 is 0 Å². The van der Waals surface area contributed by atoms with Crippen molar-refractivity contribution in [3.05, 3.63) is 59.5 Å². The molecule has 2 heterocycles. The molecule has 0 unspecified atom stereocenters. The molecule has 36 heavy (non-hydrogen) atoms. The number of carbonyl (C=O) groups excluding carboxylic acids is 1. The van der Waals surface area contributed by atoms with E-state index < -0.39 is 11.3 Å². The molecule has 0 aliphatic heterocycles. The highest BCUT2D eigenvalue weighted by Gasteiger charge is 2.35. The maximum absolute atomic E-state index is 13.7. The van der Waals surface area contributed by atoms with Crippen molar-refractivity contribution in [1.82, 2.24) is 9.55 Å². The Balaban J connectivity index is 1.80. The Labute approximate surface area is 210 Å². The summed E-state index contributed by atoms with van der Waals surface area (Å²) >= 11 is 0. The fraction of sp³-hybridized carbons (Fsp3) is 0.414. The molecule has 4 rings (SSSR count). The first-order chi connectivity index (χ1) is 16.9. The number of hydrogen-bond donors (Lipinski definition) is 1. The summed E-state index contributed by atoms with van der Waals surface area (Å²) in [5.74, 6) is -2.58. The van der Waals surface area contributed by atoms with E-state index in [2.05, 4.69) is 10.6 Å². The standard InChI is InChI=1S/C29H32F2N4O/c1-18(33)26(19(2)36)22-13-25-27(34-14-22)24(21-5-7-23(8-6-21)28(3,4)17-32)16-35(25)15-20-9-11-29(30,31)12-10-20/h5-8,13-14,16,20H,9-12,15,33H2,1-4H3/b26-18+. The first-order valence-electron chi connectivity index (χ1n) is 12.3. The molecule has 0 atom stereocenters. The molecule has 3 aromatic rings. The van der Waals surface area contributed by atoms with E-state index in [0.717, 1.165) is 27.7 Å². The Morgan fingerprint density at radius 2 is 1.86 bits per heavy atom. The number of nitrogens with two attached hydrogens (primary N) is 1. The van der Waals surface area contributed by atoms with E-state index in [4.69, 9.17) is 10.7 Å². The van der Waals surface area contributed by atoms with Crippen molar-refractivity contribution < 1.29 is 13.6 Å². The van der Waals surface area contributed by atoms with E-state index in [1.807, 2.05) is 50.4 Å². The maximum Gasteiger partial charge on any atom is 0.248 e. The molecule has 5 nitrogen and oxygen atoms in total. The minimum Gasteiger partial charge on any atom is -0.402 e. The van der Waals surface area contributed by atoms with Gasteiger partial charge in [0.15, 0.2) is 5.78 Å². The lowest BCUT2D eigenvalue weighted by Gasteiger charge is -2.28. The molecule has 0 saturated heterocycles. The van der Waals surface area contributed by atoms with Crippen LogP contribution in [0.15, 0.2) is 48.4 Å². The van der Waals surface area contributed by atoms with Crippen LogP contribution >= 0.6 is 0 Å². The highest BCUT2D eigenvalue weighted by molar-refractivity contribution is 6.20. The zero-order valence-electron chi connectivity index (χ0n) is 21.2. The van der Waals surface area contributed by atoms with Crippen LogP contribution in [0.1, 0.15) is 64.5 Å². The number of aromatic nitrogens is 2. The molecule has 7 heteroatoms. The second-order valence-electron chi connectivity index (χ2n) is 10.5. The Morgan fingerprint density at radius 3 is 2.42 bits per heavy atom. The molecule has 0 bridgehead atoms. The third-order valence-electron chi connectivity index (χ3n) is 7.24. The number of fused-ring (bicyclic) bond motifs is 1. The molecule has 1 aromatic carbocycles. The minimum absolute atomic E-state index is 0.0903. The smallest absolute Gasteiger partial charge is 0.248 e. The summed E-state index contributed by atoms with van der Waals surface area (Å²) in [6.07, 6.45) is 4.43. The number of rotatable bonds is 6. The van der Waals surface area contributed by atoms with Gasteiger partial charge < -0.3 is 10.3 Å². The first-order valence-corrected chi connectivity index (χ1v) is 12.3. The Hall–Kier alpha value is -3.53. The van der Waals surface area contributed by atoms with Crippen LogP contribution in [0.2, 0.25) is 0 Å².